The maximum absolute atomic E-state index is 11.3. The van der Waals surface area contributed by atoms with Gasteiger partial charge in [0, 0.05) is 12.0 Å². The van der Waals surface area contributed by atoms with Crippen LogP contribution in [0.2, 0.25) is 0 Å². The standard InChI is InChI=1S/C19H26N2O4.C2H6/c1-3-19(23)16(2)21-25-13-7-5-4-6-12-24-20-14-17-8-10-18(15-22)11-9-17;1-2/h8-11,14-15H,3-7,12-13H2,1-2H3;1-2H3/b20-14+,21-16+;. The lowest BCUT2D eigenvalue weighted by molar-refractivity contribution is -0.112. The van der Waals surface area contributed by atoms with Gasteiger partial charge in [-0.05, 0) is 38.2 Å². The molecule has 0 N–H and O–H groups in total. The molecule has 0 aromatic heterocycles. The fourth-order valence-electron chi connectivity index (χ4n) is 1.95. The minimum Gasteiger partial charge on any atom is -0.396 e. The normalized spacial score (nSPS) is 10.9. The number of Topliss-reactive ketones (excluding diaryl/α,β-unsaturated/α-hetero) is 1. The number of nitrogens with zero attached hydrogens (tertiary/aromatic N) is 2. The van der Waals surface area contributed by atoms with Crippen molar-refractivity contribution in [3.8, 4) is 0 Å². The van der Waals surface area contributed by atoms with E-state index in [0.717, 1.165) is 37.5 Å². The molecule has 0 spiro atoms. The predicted molar refractivity (Wildman–Crippen MR) is 110 cm³/mol. The Morgan fingerprint density at radius 3 is 2.07 bits per heavy atom. The van der Waals surface area contributed by atoms with E-state index in [1.165, 1.54) is 0 Å². The van der Waals surface area contributed by atoms with Gasteiger partial charge in [-0.2, -0.15) is 0 Å². The van der Waals surface area contributed by atoms with Gasteiger partial charge in [0.25, 0.3) is 0 Å². The number of carbonyl (C=O) groups is 2. The summed E-state index contributed by atoms with van der Waals surface area (Å²) >= 11 is 0. The summed E-state index contributed by atoms with van der Waals surface area (Å²) in [5, 5.41) is 7.70. The van der Waals surface area contributed by atoms with Crippen molar-refractivity contribution in [2.24, 2.45) is 10.3 Å². The van der Waals surface area contributed by atoms with Crippen molar-refractivity contribution in [2.45, 2.75) is 59.8 Å². The van der Waals surface area contributed by atoms with Crippen LogP contribution in [0.4, 0.5) is 0 Å². The molecule has 0 radical (unpaired) electrons. The molecule has 1 rings (SSSR count). The first-order valence-corrected chi connectivity index (χ1v) is 9.57. The highest BCUT2D eigenvalue weighted by Crippen LogP contribution is 2.02. The smallest absolute Gasteiger partial charge is 0.179 e. The van der Waals surface area contributed by atoms with E-state index in [9.17, 15) is 9.59 Å². The van der Waals surface area contributed by atoms with Gasteiger partial charge in [-0.1, -0.05) is 55.3 Å². The molecular formula is C21H32N2O4. The summed E-state index contributed by atoms with van der Waals surface area (Å²) in [6.45, 7) is 8.55. The van der Waals surface area contributed by atoms with Crippen LogP contribution < -0.4 is 0 Å². The summed E-state index contributed by atoms with van der Waals surface area (Å²) in [7, 11) is 0. The van der Waals surface area contributed by atoms with Gasteiger partial charge in [-0.25, -0.2) is 0 Å². The second kappa shape index (κ2) is 16.9. The average Bonchev–Trinajstić information content (AvgIpc) is 2.73. The molecule has 0 heterocycles. The Labute approximate surface area is 162 Å². The molecule has 1 aromatic carbocycles. The number of hydrogen-bond acceptors (Lipinski definition) is 6. The van der Waals surface area contributed by atoms with Crippen LogP contribution in [0.25, 0.3) is 0 Å². The highest BCUT2D eigenvalue weighted by atomic mass is 16.6. The molecule has 0 amide bonds. The number of ketones is 1. The monoisotopic (exact) mass is 376 g/mol. The van der Waals surface area contributed by atoms with Crippen molar-refractivity contribution in [3.05, 3.63) is 35.4 Å². The summed E-state index contributed by atoms with van der Waals surface area (Å²) in [4.78, 5) is 32.1. The molecule has 6 nitrogen and oxygen atoms in total. The van der Waals surface area contributed by atoms with E-state index >= 15 is 0 Å². The Balaban J connectivity index is 0.00000326. The molecule has 0 aliphatic heterocycles. The van der Waals surface area contributed by atoms with Crippen LogP contribution in [0.15, 0.2) is 34.6 Å². The van der Waals surface area contributed by atoms with Crippen LogP contribution in [0.1, 0.15) is 75.7 Å². The van der Waals surface area contributed by atoms with Crippen molar-refractivity contribution >= 4 is 24.0 Å². The topological polar surface area (TPSA) is 77.3 Å². The number of benzene rings is 1. The van der Waals surface area contributed by atoms with E-state index in [0.29, 0.717) is 30.9 Å². The maximum atomic E-state index is 11.3. The summed E-state index contributed by atoms with van der Waals surface area (Å²) in [6.07, 6.45) is 6.72. The van der Waals surface area contributed by atoms with Gasteiger partial charge >= 0.3 is 0 Å². The Bertz CT molecular complexity index is 580. The Kier molecular flexibility index (Phi) is 15.4. The number of unbranched alkanes of at least 4 members (excludes halogenated alkanes) is 3. The highest BCUT2D eigenvalue weighted by molar-refractivity contribution is 6.38. The third kappa shape index (κ3) is 12.5. The fourth-order valence-corrected chi connectivity index (χ4v) is 1.95. The molecule has 0 fully saturated rings. The molecule has 6 heteroatoms. The fraction of sp³-hybridized carbons (Fsp3) is 0.524. The second-order valence-corrected chi connectivity index (χ2v) is 5.55. The predicted octanol–water partition coefficient (Wildman–Crippen LogP) is 4.81. The summed E-state index contributed by atoms with van der Waals surface area (Å²) in [5.74, 6) is 0.0115. The Morgan fingerprint density at radius 2 is 1.52 bits per heavy atom. The lowest BCUT2D eigenvalue weighted by Crippen LogP contribution is -2.08. The molecule has 150 valence electrons. The zero-order valence-corrected chi connectivity index (χ0v) is 16.9. The highest BCUT2D eigenvalue weighted by Gasteiger charge is 2.02. The van der Waals surface area contributed by atoms with Gasteiger partial charge in [0.05, 0.1) is 6.21 Å². The van der Waals surface area contributed by atoms with E-state index in [2.05, 4.69) is 10.3 Å². The van der Waals surface area contributed by atoms with E-state index in [1.807, 2.05) is 26.0 Å². The molecule has 0 bridgehead atoms. The molecule has 0 aliphatic rings. The third-order valence-corrected chi connectivity index (χ3v) is 3.50. The Morgan fingerprint density at radius 1 is 0.963 bits per heavy atom. The molecule has 0 saturated heterocycles. The van der Waals surface area contributed by atoms with E-state index in [4.69, 9.17) is 9.68 Å². The van der Waals surface area contributed by atoms with Crippen LogP contribution >= 0.6 is 0 Å². The number of oxime groups is 2. The lowest BCUT2D eigenvalue weighted by Gasteiger charge is -2.02. The molecule has 1 aromatic rings. The molecule has 0 unspecified atom stereocenters. The largest absolute Gasteiger partial charge is 0.396 e. The van der Waals surface area contributed by atoms with Crippen LogP contribution in [-0.4, -0.2) is 37.2 Å². The molecule has 0 saturated carbocycles. The van der Waals surface area contributed by atoms with Gasteiger partial charge in [0.1, 0.15) is 25.2 Å². The van der Waals surface area contributed by atoms with Crippen LogP contribution in [0.3, 0.4) is 0 Å². The van der Waals surface area contributed by atoms with Gasteiger partial charge in [-0.3, -0.25) is 9.59 Å². The molecular weight excluding hydrogens is 344 g/mol. The maximum Gasteiger partial charge on any atom is 0.179 e. The minimum absolute atomic E-state index is 0.0115. The van der Waals surface area contributed by atoms with E-state index < -0.39 is 0 Å². The minimum atomic E-state index is 0.0115. The van der Waals surface area contributed by atoms with Crippen molar-refractivity contribution in [1.29, 1.82) is 0 Å². The average molecular weight is 376 g/mol. The summed E-state index contributed by atoms with van der Waals surface area (Å²) < 4.78 is 0. The first-order valence-electron chi connectivity index (χ1n) is 9.57. The van der Waals surface area contributed by atoms with Gasteiger partial charge in [-0.15, -0.1) is 0 Å². The van der Waals surface area contributed by atoms with Crippen molar-refractivity contribution in [1.82, 2.24) is 0 Å². The Hall–Kier alpha value is -2.50. The zero-order valence-electron chi connectivity index (χ0n) is 16.9. The van der Waals surface area contributed by atoms with Crippen molar-refractivity contribution < 1.29 is 19.3 Å². The SMILES string of the molecule is CC.CCC(=O)/C(C)=N/OCCCCCCO/N=C/c1ccc(C=O)cc1. The van der Waals surface area contributed by atoms with Crippen molar-refractivity contribution in [2.75, 3.05) is 13.2 Å². The summed E-state index contributed by atoms with van der Waals surface area (Å²) in [5.41, 5.74) is 1.95. The lowest BCUT2D eigenvalue weighted by atomic mass is 10.2. The van der Waals surface area contributed by atoms with Gasteiger partial charge in [0.2, 0.25) is 0 Å². The van der Waals surface area contributed by atoms with E-state index in [-0.39, 0.29) is 5.78 Å². The third-order valence-electron chi connectivity index (χ3n) is 3.50. The molecule has 0 aliphatic carbocycles. The number of carbonyl (C=O) groups excluding carboxylic acids is 2. The van der Waals surface area contributed by atoms with Crippen LogP contribution in [0, 0.1) is 0 Å². The quantitative estimate of drug-likeness (QED) is 0.214. The summed E-state index contributed by atoms with van der Waals surface area (Å²) in [6, 6.07) is 7.10. The number of hydrogen-bond donors (Lipinski definition) is 0. The zero-order chi connectivity index (χ0) is 20.3. The molecule has 0 atom stereocenters. The number of aldehydes is 1. The van der Waals surface area contributed by atoms with Crippen LogP contribution in [-0.2, 0) is 14.5 Å². The number of rotatable bonds is 13. The molecule has 27 heavy (non-hydrogen) atoms. The second-order valence-electron chi connectivity index (χ2n) is 5.55. The first kappa shape index (κ1) is 24.5. The van der Waals surface area contributed by atoms with Crippen LogP contribution in [0.5, 0.6) is 0 Å². The van der Waals surface area contributed by atoms with Gasteiger partial charge < -0.3 is 9.68 Å². The van der Waals surface area contributed by atoms with Crippen molar-refractivity contribution in [3.63, 3.8) is 0 Å². The van der Waals surface area contributed by atoms with E-state index in [1.54, 1.807) is 32.2 Å². The van der Waals surface area contributed by atoms with Gasteiger partial charge in [0.15, 0.2) is 5.78 Å². The first-order chi connectivity index (χ1) is 13.2.